The van der Waals surface area contributed by atoms with Crippen molar-refractivity contribution in [1.82, 2.24) is 15.3 Å². The van der Waals surface area contributed by atoms with E-state index in [1.165, 1.54) is 13.3 Å². The number of rotatable bonds is 9. The molecule has 1 aromatic carbocycles. The van der Waals surface area contributed by atoms with E-state index >= 15 is 0 Å². The highest BCUT2D eigenvalue weighted by molar-refractivity contribution is 5.72. The van der Waals surface area contributed by atoms with Crippen LogP contribution in [0.25, 0.3) is 0 Å². The highest BCUT2D eigenvalue weighted by Crippen LogP contribution is 2.31. The average molecular weight is 345 g/mol. The van der Waals surface area contributed by atoms with Gasteiger partial charge in [-0.2, -0.15) is 0 Å². The third-order valence-corrected chi connectivity index (χ3v) is 3.37. The molecule has 0 fully saturated rings. The second kappa shape index (κ2) is 9.31. The van der Waals surface area contributed by atoms with Gasteiger partial charge in [0.05, 0.1) is 19.9 Å². The van der Waals surface area contributed by atoms with Crippen molar-refractivity contribution < 1.29 is 14.3 Å². The number of hydrogen-bond acceptors (Lipinski definition) is 7. The standard InChI is InChI=1S/C17H23N5O3/c1-12(23)18-7-4-8-19-16-10-17(21-11-20-16)22-14-6-5-13(24-2)9-15(14)25-3/h5-6,9-11H,4,7-8H2,1-3H3,(H,18,23)(H2,19,20,21,22). The van der Waals surface area contributed by atoms with Gasteiger partial charge in [-0.05, 0) is 18.6 Å². The molecule has 8 nitrogen and oxygen atoms in total. The number of benzene rings is 1. The van der Waals surface area contributed by atoms with Crippen molar-refractivity contribution in [2.24, 2.45) is 0 Å². The molecule has 0 radical (unpaired) electrons. The minimum Gasteiger partial charge on any atom is -0.497 e. The van der Waals surface area contributed by atoms with Crippen LogP contribution in [0.15, 0.2) is 30.6 Å². The summed E-state index contributed by atoms with van der Waals surface area (Å²) in [6.45, 7) is 2.83. The van der Waals surface area contributed by atoms with Crippen molar-refractivity contribution in [3.8, 4) is 11.5 Å². The van der Waals surface area contributed by atoms with Crippen molar-refractivity contribution >= 4 is 23.2 Å². The highest BCUT2D eigenvalue weighted by atomic mass is 16.5. The van der Waals surface area contributed by atoms with Gasteiger partial charge in [-0.25, -0.2) is 9.97 Å². The maximum atomic E-state index is 10.8. The SMILES string of the molecule is COc1ccc(Nc2cc(NCCCNC(C)=O)ncn2)c(OC)c1. The molecular weight excluding hydrogens is 322 g/mol. The van der Waals surface area contributed by atoms with E-state index in [4.69, 9.17) is 9.47 Å². The number of amides is 1. The number of nitrogens with one attached hydrogen (secondary N) is 3. The summed E-state index contributed by atoms with van der Waals surface area (Å²) < 4.78 is 10.6. The van der Waals surface area contributed by atoms with Gasteiger partial charge in [0.2, 0.25) is 5.91 Å². The van der Waals surface area contributed by atoms with E-state index in [0.717, 1.165) is 12.1 Å². The van der Waals surface area contributed by atoms with Crippen molar-refractivity contribution in [2.75, 3.05) is 37.9 Å². The van der Waals surface area contributed by atoms with Gasteiger partial charge in [0.25, 0.3) is 0 Å². The van der Waals surface area contributed by atoms with E-state index in [1.807, 2.05) is 18.2 Å². The number of methoxy groups -OCH3 is 2. The molecule has 3 N–H and O–H groups in total. The monoisotopic (exact) mass is 345 g/mol. The van der Waals surface area contributed by atoms with Crippen molar-refractivity contribution in [3.05, 3.63) is 30.6 Å². The van der Waals surface area contributed by atoms with E-state index in [0.29, 0.717) is 36.2 Å². The number of carbonyl (C=O) groups excluding carboxylic acids is 1. The van der Waals surface area contributed by atoms with Gasteiger partial charge in [0.15, 0.2) is 0 Å². The zero-order valence-electron chi connectivity index (χ0n) is 14.6. The molecule has 0 saturated heterocycles. The van der Waals surface area contributed by atoms with E-state index < -0.39 is 0 Å². The highest BCUT2D eigenvalue weighted by Gasteiger charge is 2.07. The number of nitrogens with zero attached hydrogens (tertiary/aromatic N) is 2. The quantitative estimate of drug-likeness (QED) is 0.599. The molecule has 0 atom stereocenters. The fourth-order valence-electron chi connectivity index (χ4n) is 2.13. The zero-order chi connectivity index (χ0) is 18.1. The van der Waals surface area contributed by atoms with Gasteiger partial charge >= 0.3 is 0 Å². The van der Waals surface area contributed by atoms with Crippen molar-refractivity contribution in [1.29, 1.82) is 0 Å². The van der Waals surface area contributed by atoms with Gasteiger partial charge in [-0.3, -0.25) is 4.79 Å². The maximum Gasteiger partial charge on any atom is 0.216 e. The fourth-order valence-corrected chi connectivity index (χ4v) is 2.13. The summed E-state index contributed by atoms with van der Waals surface area (Å²) in [5.41, 5.74) is 0.776. The van der Waals surface area contributed by atoms with Crippen LogP contribution in [0, 0.1) is 0 Å². The third-order valence-electron chi connectivity index (χ3n) is 3.37. The predicted molar refractivity (Wildman–Crippen MR) is 96.7 cm³/mol. The summed E-state index contributed by atoms with van der Waals surface area (Å²) in [6, 6.07) is 7.31. The largest absolute Gasteiger partial charge is 0.497 e. The first kappa shape index (κ1) is 18.3. The Morgan fingerprint density at radius 2 is 1.88 bits per heavy atom. The van der Waals surface area contributed by atoms with Gasteiger partial charge in [0, 0.05) is 32.1 Å². The first-order valence-electron chi connectivity index (χ1n) is 7.91. The number of aromatic nitrogens is 2. The van der Waals surface area contributed by atoms with Crippen LogP contribution in [0.3, 0.4) is 0 Å². The maximum absolute atomic E-state index is 10.8. The third kappa shape index (κ3) is 5.83. The molecular formula is C17H23N5O3. The first-order valence-corrected chi connectivity index (χ1v) is 7.91. The summed E-state index contributed by atoms with van der Waals surface area (Å²) in [5.74, 6) is 2.69. The van der Waals surface area contributed by atoms with Gasteiger partial charge in [0.1, 0.15) is 29.5 Å². The molecule has 0 bridgehead atoms. The van der Waals surface area contributed by atoms with Gasteiger partial charge in [-0.15, -0.1) is 0 Å². The average Bonchev–Trinajstić information content (AvgIpc) is 2.62. The van der Waals surface area contributed by atoms with Crippen molar-refractivity contribution in [3.63, 3.8) is 0 Å². The normalized spacial score (nSPS) is 10.0. The summed E-state index contributed by atoms with van der Waals surface area (Å²) in [7, 11) is 3.21. The second-order valence-corrected chi connectivity index (χ2v) is 5.24. The second-order valence-electron chi connectivity index (χ2n) is 5.24. The minimum absolute atomic E-state index is 0.0260. The van der Waals surface area contributed by atoms with Crippen LogP contribution >= 0.6 is 0 Å². The zero-order valence-corrected chi connectivity index (χ0v) is 14.6. The Kier molecular flexibility index (Phi) is 6.82. The Bertz CT molecular complexity index is 708. The summed E-state index contributed by atoms with van der Waals surface area (Å²) >= 11 is 0. The molecule has 2 rings (SSSR count). The lowest BCUT2D eigenvalue weighted by Crippen LogP contribution is -2.22. The molecule has 0 aliphatic carbocycles. The smallest absolute Gasteiger partial charge is 0.216 e. The minimum atomic E-state index is -0.0260. The van der Waals surface area contributed by atoms with Gasteiger partial charge < -0.3 is 25.4 Å². The van der Waals surface area contributed by atoms with E-state index in [-0.39, 0.29) is 5.91 Å². The first-order chi connectivity index (χ1) is 12.1. The molecule has 0 spiro atoms. The van der Waals surface area contributed by atoms with Crippen LogP contribution in [0.1, 0.15) is 13.3 Å². The molecule has 1 aromatic heterocycles. The Balaban J connectivity index is 1.96. The summed E-state index contributed by atoms with van der Waals surface area (Å²) in [6.07, 6.45) is 2.28. The number of ether oxygens (including phenoxy) is 2. The van der Waals surface area contributed by atoms with Crippen LogP contribution in [-0.2, 0) is 4.79 Å². The lowest BCUT2D eigenvalue weighted by Gasteiger charge is -2.12. The van der Waals surface area contributed by atoms with E-state index in [2.05, 4.69) is 25.9 Å². The topological polar surface area (TPSA) is 97.4 Å². The lowest BCUT2D eigenvalue weighted by atomic mass is 10.2. The summed E-state index contributed by atoms with van der Waals surface area (Å²) in [4.78, 5) is 19.2. The molecule has 0 aliphatic heterocycles. The van der Waals surface area contributed by atoms with Gasteiger partial charge in [-0.1, -0.05) is 0 Å². The van der Waals surface area contributed by atoms with Crippen LogP contribution in [0.5, 0.6) is 11.5 Å². The fraction of sp³-hybridized carbons (Fsp3) is 0.353. The van der Waals surface area contributed by atoms with E-state index in [9.17, 15) is 4.79 Å². The molecule has 0 saturated carbocycles. The Morgan fingerprint density at radius 3 is 2.60 bits per heavy atom. The van der Waals surface area contributed by atoms with Crippen LogP contribution < -0.4 is 25.4 Å². The number of hydrogen-bond donors (Lipinski definition) is 3. The molecule has 8 heteroatoms. The van der Waals surface area contributed by atoms with Crippen molar-refractivity contribution in [2.45, 2.75) is 13.3 Å². The molecule has 0 aliphatic rings. The molecule has 1 amide bonds. The Labute approximate surface area is 147 Å². The predicted octanol–water partition coefficient (Wildman–Crippen LogP) is 2.18. The molecule has 25 heavy (non-hydrogen) atoms. The van der Waals surface area contributed by atoms with Crippen LogP contribution in [-0.4, -0.2) is 43.2 Å². The Morgan fingerprint density at radius 1 is 1.08 bits per heavy atom. The number of carbonyl (C=O) groups is 1. The lowest BCUT2D eigenvalue weighted by molar-refractivity contribution is -0.118. The van der Waals surface area contributed by atoms with Crippen LogP contribution in [0.2, 0.25) is 0 Å². The molecule has 0 unspecified atom stereocenters. The molecule has 2 aromatic rings. The Hall–Kier alpha value is -3.03. The summed E-state index contributed by atoms with van der Waals surface area (Å²) in [5, 5.41) is 9.15. The number of anilines is 3. The van der Waals surface area contributed by atoms with Crippen LogP contribution in [0.4, 0.5) is 17.3 Å². The molecule has 134 valence electrons. The van der Waals surface area contributed by atoms with E-state index in [1.54, 1.807) is 20.3 Å². The molecule has 1 heterocycles.